The molecule has 0 spiro atoms. The number of hydrogen-bond donors (Lipinski definition) is 1. The van der Waals surface area contributed by atoms with Crippen LogP contribution in [0.15, 0.2) is 27.6 Å². The monoisotopic (exact) mass is 383 g/mol. The Morgan fingerprint density at radius 3 is 2.50 bits per heavy atom. The molecule has 1 aromatic carbocycles. The number of rotatable bonds is 5. The lowest BCUT2D eigenvalue weighted by atomic mass is 10.1. The highest BCUT2D eigenvalue weighted by Crippen LogP contribution is 2.22. The van der Waals surface area contributed by atoms with Gasteiger partial charge < -0.3 is 10.1 Å². The van der Waals surface area contributed by atoms with Crippen molar-refractivity contribution in [3.8, 4) is 0 Å². The lowest BCUT2D eigenvalue weighted by molar-refractivity contribution is 0.0819. The highest BCUT2D eigenvalue weighted by molar-refractivity contribution is 9.10. The van der Waals surface area contributed by atoms with Crippen LogP contribution in [0.25, 0.3) is 0 Å². The van der Waals surface area contributed by atoms with E-state index in [1.54, 1.807) is 13.8 Å². The standard InChI is InChI=1S/C12H15BrClNO4S/c1-12(2,7-19-3)15-11(16)8-4-9(13)6-10(5-8)20(14,17)18/h4-6H,7H2,1-3H3,(H,15,16). The molecule has 20 heavy (non-hydrogen) atoms. The normalized spacial score (nSPS) is 12.2. The number of carbonyl (C=O) groups is 1. The summed E-state index contributed by atoms with van der Waals surface area (Å²) in [6.07, 6.45) is 0. The summed E-state index contributed by atoms with van der Waals surface area (Å²) in [6, 6.07) is 4.08. The van der Waals surface area contributed by atoms with Crippen LogP contribution in [0.5, 0.6) is 0 Å². The zero-order valence-corrected chi connectivity index (χ0v) is 14.4. The van der Waals surface area contributed by atoms with Crippen LogP contribution in [0.3, 0.4) is 0 Å². The first kappa shape index (κ1) is 17.4. The third kappa shape index (κ3) is 5.05. The Labute approximate surface area is 131 Å². The summed E-state index contributed by atoms with van der Waals surface area (Å²) in [7, 11) is 2.92. The second-order valence-electron chi connectivity index (χ2n) is 4.88. The molecule has 0 saturated carbocycles. The number of carbonyl (C=O) groups excluding carboxylic acids is 1. The van der Waals surface area contributed by atoms with E-state index in [1.165, 1.54) is 25.3 Å². The van der Waals surface area contributed by atoms with Crippen LogP contribution in [0.2, 0.25) is 0 Å². The number of nitrogens with one attached hydrogen (secondary N) is 1. The summed E-state index contributed by atoms with van der Waals surface area (Å²) in [5.41, 5.74) is -0.378. The van der Waals surface area contributed by atoms with Gasteiger partial charge in [0.1, 0.15) is 0 Å². The van der Waals surface area contributed by atoms with Gasteiger partial charge in [-0.2, -0.15) is 0 Å². The maximum absolute atomic E-state index is 12.1. The lowest BCUT2D eigenvalue weighted by Gasteiger charge is -2.25. The van der Waals surface area contributed by atoms with Gasteiger partial charge in [-0.15, -0.1) is 0 Å². The molecule has 0 fully saturated rings. The van der Waals surface area contributed by atoms with Gasteiger partial charge >= 0.3 is 0 Å². The van der Waals surface area contributed by atoms with E-state index in [0.29, 0.717) is 11.1 Å². The third-order valence-electron chi connectivity index (χ3n) is 2.37. The van der Waals surface area contributed by atoms with E-state index in [9.17, 15) is 13.2 Å². The molecular weight excluding hydrogens is 370 g/mol. The molecule has 1 aromatic rings. The Morgan fingerprint density at radius 1 is 1.40 bits per heavy atom. The number of hydrogen-bond acceptors (Lipinski definition) is 4. The molecule has 0 heterocycles. The molecule has 1 N–H and O–H groups in total. The van der Waals surface area contributed by atoms with Crippen LogP contribution >= 0.6 is 26.6 Å². The second kappa shape index (κ2) is 6.43. The van der Waals surface area contributed by atoms with Crippen LogP contribution in [0.4, 0.5) is 0 Å². The van der Waals surface area contributed by atoms with Gasteiger partial charge in [0, 0.05) is 27.8 Å². The molecule has 1 rings (SSSR count). The molecule has 1 amide bonds. The molecule has 0 radical (unpaired) electrons. The minimum atomic E-state index is -3.90. The largest absolute Gasteiger partial charge is 0.382 e. The zero-order valence-electron chi connectivity index (χ0n) is 11.2. The van der Waals surface area contributed by atoms with E-state index in [4.69, 9.17) is 15.4 Å². The quantitative estimate of drug-likeness (QED) is 0.792. The summed E-state index contributed by atoms with van der Waals surface area (Å²) in [5, 5.41) is 2.76. The van der Waals surface area contributed by atoms with Gasteiger partial charge in [0.25, 0.3) is 15.0 Å². The Bertz CT molecular complexity index is 616. The Balaban J connectivity index is 3.09. The van der Waals surface area contributed by atoms with Gasteiger partial charge in [-0.3, -0.25) is 4.79 Å². The predicted octanol–water partition coefficient (Wildman–Crippen LogP) is 2.53. The van der Waals surface area contributed by atoms with Crippen molar-refractivity contribution in [2.24, 2.45) is 0 Å². The Kier molecular flexibility index (Phi) is 5.60. The number of benzene rings is 1. The minimum Gasteiger partial charge on any atom is -0.382 e. The van der Waals surface area contributed by atoms with E-state index in [1.807, 2.05) is 0 Å². The maximum Gasteiger partial charge on any atom is 0.261 e. The molecule has 0 aliphatic carbocycles. The van der Waals surface area contributed by atoms with Crippen LogP contribution < -0.4 is 5.32 Å². The van der Waals surface area contributed by atoms with Crippen molar-refractivity contribution in [3.63, 3.8) is 0 Å². The van der Waals surface area contributed by atoms with Gasteiger partial charge in [-0.25, -0.2) is 8.42 Å². The van der Waals surface area contributed by atoms with Crippen molar-refractivity contribution in [1.82, 2.24) is 5.32 Å². The van der Waals surface area contributed by atoms with Crippen LogP contribution in [-0.4, -0.2) is 33.6 Å². The van der Waals surface area contributed by atoms with Gasteiger partial charge in [0.05, 0.1) is 17.0 Å². The molecule has 0 saturated heterocycles. The Hall–Kier alpha value is -0.630. The van der Waals surface area contributed by atoms with Crippen LogP contribution in [0, 0.1) is 0 Å². The molecule has 0 aromatic heterocycles. The second-order valence-corrected chi connectivity index (χ2v) is 8.37. The molecule has 112 valence electrons. The first-order valence-corrected chi connectivity index (χ1v) is 8.72. The summed E-state index contributed by atoms with van der Waals surface area (Å²) in [4.78, 5) is 12.0. The van der Waals surface area contributed by atoms with Crippen molar-refractivity contribution in [2.45, 2.75) is 24.3 Å². The molecule has 5 nitrogen and oxygen atoms in total. The topological polar surface area (TPSA) is 72.5 Å². The van der Waals surface area contributed by atoms with E-state index >= 15 is 0 Å². The fourth-order valence-electron chi connectivity index (χ4n) is 1.61. The predicted molar refractivity (Wildman–Crippen MR) is 80.6 cm³/mol. The van der Waals surface area contributed by atoms with Crippen LogP contribution in [0.1, 0.15) is 24.2 Å². The average molecular weight is 385 g/mol. The summed E-state index contributed by atoms with van der Waals surface area (Å²) in [5.74, 6) is -0.407. The van der Waals surface area contributed by atoms with Crippen molar-refractivity contribution in [3.05, 3.63) is 28.2 Å². The first-order valence-electron chi connectivity index (χ1n) is 5.62. The molecule has 0 unspecified atom stereocenters. The van der Waals surface area contributed by atoms with Gasteiger partial charge in [-0.1, -0.05) is 15.9 Å². The fourth-order valence-corrected chi connectivity index (χ4v) is 3.06. The van der Waals surface area contributed by atoms with E-state index in [-0.39, 0.29) is 10.5 Å². The number of ether oxygens (including phenoxy) is 1. The zero-order chi connectivity index (χ0) is 15.6. The summed E-state index contributed by atoms with van der Waals surface area (Å²) in [6.45, 7) is 3.92. The summed E-state index contributed by atoms with van der Waals surface area (Å²) < 4.78 is 28.1. The third-order valence-corrected chi connectivity index (χ3v) is 4.16. The molecular formula is C12H15BrClNO4S. The van der Waals surface area contributed by atoms with E-state index in [2.05, 4.69) is 21.2 Å². The number of amides is 1. The van der Waals surface area contributed by atoms with Crippen molar-refractivity contribution in [2.75, 3.05) is 13.7 Å². The Morgan fingerprint density at radius 2 is 2.00 bits per heavy atom. The van der Waals surface area contributed by atoms with E-state index < -0.39 is 20.5 Å². The van der Waals surface area contributed by atoms with E-state index in [0.717, 1.165) is 0 Å². The molecule has 0 aliphatic heterocycles. The maximum atomic E-state index is 12.1. The highest BCUT2D eigenvalue weighted by atomic mass is 79.9. The average Bonchev–Trinajstić information content (AvgIpc) is 2.26. The first-order chi connectivity index (χ1) is 9.05. The number of methoxy groups -OCH3 is 1. The molecule has 8 heteroatoms. The molecule has 0 bridgehead atoms. The van der Waals surface area contributed by atoms with Gasteiger partial charge in [-0.05, 0) is 32.0 Å². The SMILES string of the molecule is COCC(C)(C)NC(=O)c1cc(Br)cc(S(=O)(=O)Cl)c1. The fraction of sp³-hybridized carbons (Fsp3) is 0.417. The lowest BCUT2D eigenvalue weighted by Crippen LogP contribution is -2.46. The molecule has 0 atom stereocenters. The highest BCUT2D eigenvalue weighted by Gasteiger charge is 2.22. The summed E-state index contributed by atoms with van der Waals surface area (Å²) >= 11 is 3.16. The minimum absolute atomic E-state index is 0.136. The number of halogens is 2. The van der Waals surface area contributed by atoms with Crippen molar-refractivity contribution in [1.29, 1.82) is 0 Å². The van der Waals surface area contributed by atoms with Crippen LogP contribution in [-0.2, 0) is 13.8 Å². The smallest absolute Gasteiger partial charge is 0.261 e. The van der Waals surface area contributed by atoms with Crippen molar-refractivity contribution < 1.29 is 17.9 Å². The van der Waals surface area contributed by atoms with Gasteiger partial charge in [0.15, 0.2) is 0 Å². The van der Waals surface area contributed by atoms with Gasteiger partial charge in [0.2, 0.25) is 0 Å². The molecule has 0 aliphatic rings. The van der Waals surface area contributed by atoms with Crippen molar-refractivity contribution >= 4 is 41.6 Å².